The van der Waals surface area contributed by atoms with E-state index in [1.807, 2.05) is 0 Å². The van der Waals surface area contributed by atoms with Crippen LogP contribution in [0.5, 0.6) is 0 Å². The average molecular weight is 395 g/mol. The van der Waals surface area contributed by atoms with Crippen LogP contribution in [0.2, 0.25) is 0 Å². The lowest BCUT2D eigenvalue weighted by molar-refractivity contribution is -0.382. The Balaban J connectivity index is 2.11. The van der Waals surface area contributed by atoms with Gasteiger partial charge in [-0.2, -0.15) is 8.42 Å². The Morgan fingerprint density at radius 3 is 2.57 bits per heavy atom. The quantitative estimate of drug-likeness (QED) is 0.241. The summed E-state index contributed by atoms with van der Waals surface area (Å²) in [6.07, 6.45) is 1.55. The monoisotopic (exact) mass is 395 g/mol. The van der Waals surface area contributed by atoms with Crippen molar-refractivity contribution >= 4 is 37.6 Å². The SMILES string of the molecule is Cc1ccc(S(=O)(=O)O)c(-c2ccc3c([N+](=O)[O-])cc4cccnc4c3n2)c1. The van der Waals surface area contributed by atoms with Crippen LogP contribution in [0.15, 0.2) is 59.6 Å². The highest BCUT2D eigenvalue weighted by Gasteiger charge is 2.21. The minimum Gasteiger partial charge on any atom is -0.282 e. The molecule has 0 radical (unpaired) electrons. The molecule has 2 heterocycles. The highest BCUT2D eigenvalue weighted by molar-refractivity contribution is 7.86. The maximum absolute atomic E-state index is 11.8. The summed E-state index contributed by atoms with van der Waals surface area (Å²) in [5.41, 5.74) is 1.87. The Morgan fingerprint density at radius 2 is 1.86 bits per heavy atom. The van der Waals surface area contributed by atoms with Crippen LogP contribution in [-0.2, 0) is 10.1 Å². The second-order valence-electron chi connectivity index (χ2n) is 6.30. The lowest BCUT2D eigenvalue weighted by atomic mass is 10.0. The molecule has 140 valence electrons. The molecule has 0 aliphatic rings. The summed E-state index contributed by atoms with van der Waals surface area (Å²) < 4.78 is 33.1. The van der Waals surface area contributed by atoms with E-state index < -0.39 is 15.0 Å². The molecule has 0 saturated heterocycles. The molecule has 9 heteroatoms. The maximum Gasteiger partial charge on any atom is 0.295 e. The summed E-state index contributed by atoms with van der Waals surface area (Å²) in [5, 5.41) is 12.3. The molecule has 1 N–H and O–H groups in total. The standard InChI is InChI=1S/C19H13N3O5S/c1-11-4-7-17(28(25,26)27)14(9-11)15-6-5-13-16(22(23)24)10-12-3-2-8-20-18(12)19(13)21-15/h2-10H,1H3,(H,25,26,27). The highest BCUT2D eigenvalue weighted by atomic mass is 32.2. The van der Waals surface area contributed by atoms with Gasteiger partial charge in [0.15, 0.2) is 0 Å². The van der Waals surface area contributed by atoms with Crippen LogP contribution in [0.3, 0.4) is 0 Å². The van der Waals surface area contributed by atoms with Crippen LogP contribution in [0, 0.1) is 17.0 Å². The van der Waals surface area contributed by atoms with Gasteiger partial charge in [-0.15, -0.1) is 0 Å². The Hall–Kier alpha value is -3.43. The van der Waals surface area contributed by atoms with Crippen LogP contribution in [0.4, 0.5) is 5.69 Å². The van der Waals surface area contributed by atoms with E-state index in [1.165, 1.54) is 24.3 Å². The van der Waals surface area contributed by atoms with Crippen molar-refractivity contribution in [2.45, 2.75) is 11.8 Å². The summed E-state index contributed by atoms with van der Waals surface area (Å²) in [4.78, 5) is 19.5. The number of rotatable bonds is 3. The Bertz CT molecular complexity index is 1380. The molecule has 0 fully saturated rings. The zero-order chi connectivity index (χ0) is 20.1. The third-order valence-corrected chi connectivity index (χ3v) is 5.32. The van der Waals surface area contributed by atoms with E-state index in [0.717, 1.165) is 5.56 Å². The van der Waals surface area contributed by atoms with Crippen molar-refractivity contribution in [3.8, 4) is 11.3 Å². The van der Waals surface area contributed by atoms with Gasteiger partial charge in [0.2, 0.25) is 0 Å². The van der Waals surface area contributed by atoms with Crippen molar-refractivity contribution in [3.63, 3.8) is 0 Å². The molecule has 4 rings (SSSR count). The summed E-state index contributed by atoms with van der Waals surface area (Å²) in [7, 11) is -4.48. The summed E-state index contributed by atoms with van der Waals surface area (Å²) in [5.74, 6) is 0. The van der Waals surface area contributed by atoms with Gasteiger partial charge in [-0.1, -0.05) is 17.7 Å². The van der Waals surface area contributed by atoms with E-state index in [2.05, 4.69) is 9.97 Å². The van der Waals surface area contributed by atoms with E-state index in [0.29, 0.717) is 16.3 Å². The van der Waals surface area contributed by atoms with Crippen molar-refractivity contribution in [2.24, 2.45) is 0 Å². The summed E-state index contributed by atoms with van der Waals surface area (Å²) in [6, 6.07) is 12.3. The first-order valence-electron chi connectivity index (χ1n) is 8.17. The maximum atomic E-state index is 11.8. The number of nitro benzene ring substituents is 1. The normalized spacial score (nSPS) is 11.8. The molecule has 2 aromatic heterocycles. The molecule has 0 aliphatic heterocycles. The predicted octanol–water partition coefficient (Wildman–Crippen LogP) is 3.91. The van der Waals surface area contributed by atoms with Gasteiger partial charge in [-0.25, -0.2) is 4.98 Å². The second kappa shape index (κ2) is 6.32. The smallest absolute Gasteiger partial charge is 0.282 e. The summed E-state index contributed by atoms with van der Waals surface area (Å²) >= 11 is 0. The number of nitro groups is 1. The third kappa shape index (κ3) is 2.96. The van der Waals surface area contributed by atoms with Crippen LogP contribution in [-0.4, -0.2) is 27.9 Å². The van der Waals surface area contributed by atoms with Crippen LogP contribution >= 0.6 is 0 Å². The Labute approximate surface area is 159 Å². The lowest BCUT2D eigenvalue weighted by Crippen LogP contribution is -2.02. The molecule has 2 aromatic carbocycles. The second-order valence-corrected chi connectivity index (χ2v) is 7.69. The number of fused-ring (bicyclic) bond motifs is 3. The van der Waals surface area contributed by atoms with Crippen molar-refractivity contribution in [3.05, 3.63) is 70.4 Å². The predicted molar refractivity (Wildman–Crippen MR) is 104 cm³/mol. The molecule has 0 aliphatic carbocycles. The van der Waals surface area contributed by atoms with Crippen molar-refractivity contribution in [1.82, 2.24) is 9.97 Å². The number of non-ortho nitro benzene ring substituents is 1. The van der Waals surface area contributed by atoms with Gasteiger partial charge in [-0.05, 0) is 37.3 Å². The minimum absolute atomic E-state index is 0.117. The first-order chi connectivity index (χ1) is 13.3. The zero-order valence-corrected chi connectivity index (χ0v) is 15.3. The Kier molecular flexibility index (Phi) is 4.06. The van der Waals surface area contributed by atoms with E-state index in [1.54, 1.807) is 37.4 Å². The number of hydrogen-bond acceptors (Lipinski definition) is 6. The third-order valence-electron chi connectivity index (χ3n) is 4.41. The lowest BCUT2D eigenvalue weighted by Gasteiger charge is -2.10. The molecule has 0 saturated carbocycles. The molecule has 4 aromatic rings. The largest absolute Gasteiger partial charge is 0.295 e. The number of aromatic nitrogens is 2. The molecule has 0 bridgehead atoms. The first-order valence-corrected chi connectivity index (χ1v) is 9.61. The highest BCUT2D eigenvalue weighted by Crippen LogP contribution is 2.34. The number of benzene rings is 2. The van der Waals surface area contributed by atoms with E-state index in [9.17, 15) is 23.1 Å². The fourth-order valence-corrected chi connectivity index (χ4v) is 3.85. The minimum atomic E-state index is -4.48. The first kappa shape index (κ1) is 18.0. The average Bonchev–Trinajstić information content (AvgIpc) is 2.65. The van der Waals surface area contributed by atoms with E-state index >= 15 is 0 Å². The molecule has 0 atom stereocenters. The van der Waals surface area contributed by atoms with Crippen molar-refractivity contribution < 1.29 is 17.9 Å². The molecular weight excluding hydrogens is 382 g/mol. The van der Waals surface area contributed by atoms with Gasteiger partial charge >= 0.3 is 0 Å². The van der Waals surface area contributed by atoms with Gasteiger partial charge < -0.3 is 0 Å². The van der Waals surface area contributed by atoms with E-state index in [-0.39, 0.29) is 27.4 Å². The molecule has 28 heavy (non-hydrogen) atoms. The molecule has 8 nitrogen and oxygen atoms in total. The zero-order valence-electron chi connectivity index (χ0n) is 14.5. The van der Waals surface area contributed by atoms with Crippen LogP contribution in [0.1, 0.15) is 5.56 Å². The van der Waals surface area contributed by atoms with Gasteiger partial charge in [0.25, 0.3) is 15.8 Å². The number of nitrogens with zero attached hydrogens (tertiary/aromatic N) is 3. The molecule has 0 spiro atoms. The Morgan fingerprint density at radius 1 is 1.07 bits per heavy atom. The fourth-order valence-electron chi connectivity index (χ4n) is 3.17. The number of pyridine rings is 2. The van der Waals surface area contributed by atoms with Crippen LogP contribution in [0.25, 0.3) is 33.1 Å². The molecule has 0 amide bonds. The van der Waals surface area contributed by atoms with Gasteiger partial charge in [0, 0.05) is 23.2 Å². The van der Waals surface area contributed by atoms with Crippen LogP contribution < -0.4 is 0 Å². The van der Waals surface area contributed by atoms with Crippen molar-refractivity contribution in [2.75, 3.05) is 0 Å². The molecule has 0 unspecified atom stereocenters. The molecular formula is C19H13N3O5S. The van der Waals surface area contributed by atoms with Gasteiger partial charge in [0.05, 0.1) is 21.5 Å². The number of hydrogen-bond donors (Lipinski definition) is 1. The summed E-state index contributed by atoms with van der Waals surface area (Å²) in [6.45, 7) is 1.78. The fraction of sp³-hybridized carbons (Fsp3) is 0.0526. The van der Waals surface area contributed by atoms with Gasteiger partial charge in [-0.3, -0.25) is 19.7 Å². The van der Waals surface area contributed by atoms with Gasteiger partial charge in [0.1, 0.15) is 10.4 Å². The number of aryl methyl sites for hydroxylation is 1. The topological polar surface area (TPSA) is 123 Å². The van der Waals surface area contributed by atoms with Crippen molar-refractivity contribution in [1.29, 1.82) is 0 Å². The van der Waals surface area contributed by atoms with E-state index in [4.69, 9.17) is 0 Å².